The van der Waals surface area contributed by atoms with Crippen LogP contribution in [0.25, 0.3) is 0 Å². The molecule has 1 aromatic rings. The van der Waals surface area contributed by atoms with Crippen LogP contribution in [0.5, 0.6) is 0 Å². The number of nitro groups is 1. The van der Waals surface area contributed by atoms with Crippen LogP contribution in [-0.2, 0) is 0 Å². The lowest BCUT2D eigenvalue weighted by molar-refractivity contribution is -0.383. The van der Waals surface area contributed by atoms with Gasteiger partial charge < -0.3 is 15.5 Å². The van der Waals surface area contributed by atoms with Gasteiger partial charge >= 0.3 is 5.69 Å². The van der Waals surface area contributed by atoms with Crippen LogP contribution in [0.4, 0.5) is 23.3 Å². The van der Waals surface area contributed by atoms with Crippen molar-refractivity contribution in [3.63, 3.8) is 0 Å². The van der Waals surface area contributed by atoms with E-state index in [9.17, 15) is 10.1 Å². The second-order valence-electron chi connectivity index (χ2n) is 7.23. The Kier molecular flexibility index (Phi) is 4.73. The summed E-state index contributed by atoms with van der Waals surface area (Å²) in [6.45, 7) is 7.65. The van der Waals surface area contributed by atoms with Crippen LogP contribution in [0.3, 0.4) is 0 Å². The molecule has 0 radical (unpaired) electrons. The normalized spacial score (nSPS) is 24.9. The molecule has 0 aliphatic carbocycles. The summed E-state index contributed by atoms with van der Waals surface area (Å²) in [5, 5.41) is 11.5. The van der Waals surface area contributed by atoms with Crippen molar-refractivity contribution in [2.24, 2.45) is 11.8 Å². The summed E-state index contributed by atoms with van der Waals surface area (Å²) in [5.41, 5.74) is 5.80. The smallest absolute Gasteiger partial charge is 0.353 e. The number of nitrogens with zero attached hydrogens (tertiary/aromatic N) is 5. The topological polar surface area (TPSA) is 101 Å². The first-order valence-electron chi connectivity index (χ1n) is 8.77. The molecule has 1 aromatic heterocycles. The zero-order chi connectivity index (χ0) is 17.3. The molecule has 8 heteroatoms. The molecule has 2 atom stereocenters. The molecule has 0 saturated carbocycles. The van der Waals surface area contributed by atoms with E-state index in [4.69, 9.17) is 5.73 Å². The van der Waals surface area contributed by atoms with Crippen LogP contribution in [0.1, 0.15) is 39.5 Å². The molecule has 24 heavy (non-hydrogen) atoms. The van der Waals surface area contributed by atoms with Crippen LogP contribution >= 0.6 is 0 Å². The fourth-order valence-electron chi connectivity index (χ4n) is 3.74. The largest absolute Gasteiger partial charge is 0.378 e. The molecule has 2 aliphatic heterocycles. The van der Waals surface area contributed by atoms with Gasteiger partial charge in [-0.2, -0.15) is 9.97 Å². The number of aromatic nitrogens is 2. The van der Waals surface area contributed by atoms with Crippen molar-refractivity contribution in [2.45, 2.75) is 39.5 Å². The van der Waals surface area contributed by atoms with Crippen LogP contribution in [0.15, 0.2) is 0 Å². The molecule has 0 unspecified atom stereocenters. The van der Waals surface area contributed by atoms with Crippen LogP contribution < -0.4 is 15.5 Å². The molecular weight excluding hydrogens is 308 g/mol. The monoisotopic (exact) mass is 334 g/mol. The van der Waals surface area contributed by atoms with Crippen LogP contribution in [0, 0.1) is 22.0 Å². The number of piperidine rings is 2. The van der Waals surface area contributed by atoms with E-state index in [0.29, 0.717) is 23.6 Å². The van der Waals surface area contributed by atoms with Gasteiger partial charge in [-0.15, -0.1) is 0 Å². The quantitative estimate of drug-likeness (QED) is 0.669. The number of nitrogens with two attached hydrogens (primary N) is 1. The molecule has 2 N–H and O–H groups in total. The fraction of sp³-hybridized carbons (Fsp3) is 0.750. The zero-order valence-electron chi connectivity index (χ0n) is 14.4. The van der Waals surface area contributed by atoms with Crippen molar-refractivity contribution in [3.8, 4) is 0 Å². The third-order valence-corrected chi connectivity index (χ3v) is 4.96. The van der Waals surface area contributed by atoms with Gasteiger partial charge in [0.1, 0.15) is 0 Å². The predicted molar refractivity (Wildman–Crippen MR) is 94.3 cm³/mol. The minimum absolute atomic E-state index is 0.0311. The number of rotatable bonds is 3. The minimum atomic E-state index is -0.452. The van der Waals surface area contributed by atoms with E-state index in [0.717, 1.165) is 45.4 Å². The summed E-state index contributed by atoms with van der Waals surface area (Å²) < 4.78 is 0. The Morgan fingerprint density at radius 2 is 1.67 bits per heavy atom. The van der Waals surface area contributed by atoms with Gasteiger partial charge in [-0.3, -0.25) is 10.1 Å². The molecule has 3 rings (SSSR count). The van der Waals surface area contributed by atoms with Crippen molar-refractivity contribution in [1.82, 2.24) is 9.97 Å². The third-order valence-electron chi connectivity index (χ3n) is 4.96. The Labute approximate surface area is 142 Å². The van der Waals surface area contributed by atoms with E-state index in [-0.39, 0.29) is 11.5 Å². The van der Waals surface area contributed by atoms with E-state index in [2.05, 4.69) is 28.7 Å². The Hall–Kier alpha value is -2.12. The van der Waals surface area contributed by atoms with Crippen molar-refractivity contribution in [1.29, 1.82) is 0 Å². The zero-order valence-corrected chi connectivity index (χ0v) is 14.4. The van der Waals surface area contributed by atoms with Gasteiger partial charge in [-0.1, -0.05) is 13.8 Å². The van der Waals surface area contributed by atoms with Gasteiger partial charge in [-0.25, -0.2) is 0 Å². The molecule has 2 fully saturated rings. The molecule has 2 aliphatic rings. The summed E-state index contributed by atoms with van der Waals surface area (Å²) >= 11 is 0. The van der Waals surface area contributed by atoms with Crippen molar-refractivity contribution in [2.75, 3.05) is 41.7 Å². The first kappa shape index (κ1) is 16.7. The summed E-state index contributed by atoms with van der Waals surface area (Å²) in [4.78, 5) is 24.0. The van der Waals surface area contributed by atoms with Crippen LogP contribution in [0.2, 0.25) is 0 Å². The van der Waals surface area contributed by atoms with Crippen molar-refractivity contribution in [3.05, 3.63) is 10.1 Å². The van der Waals surface area contributed by atoms with Gasteiger partial charge in [0, 0.05) is 26.2 Å². The maximum absolute atomic E-state index is 11.5. The maximum atomic E-state index is 11.5. The van der Waals surface area contributed by atoms with Crippen molar-refractivity contribution >= 4 is 23.3 Å². The SMILES string of the molecule is C[C@H]1CCCN(c2nc(N)c([N+](=O)[O-])c(N3CCC[C@H](C)C3)n2)C1. The van der Waals surface area contributed by atoms with E-state index in [1.54, 1.807) is 0 Å². The standard InChI is InChI=1S/C16H26N6O2/c1-11-5-3-7-20(9-11)15-13(22(23)24)14(17)18-16(19-15)21-8-4-6-12(2)10-21/h11-12H,3-10H2,1-2H3,(H2,17,18,19)/t11-,12-/m0/s1. The summed E-state index contributed by atoms with van der Waals surface area (Å²) in [6.07, 6.45) is 4.42. The number of hydrogen-bond acceptors (Lipinski definition) is 7. The first-order chi connectivity index (χ1) is 11.5. The lowest BCUT2D eigenvalue weighted by Crippen LogP contribution is -2.38. The molecule has 0 spiro atoms. The van der Waals surface area contributed by atoms with Gasteiger partial charge in [0.15, 0.2) is 0 Å². The first-order valence-corrected chi connectivity index (χ1v) is 8.77. The molecule has 2 saturated heterocycles. The Morgan fingerprint density at radius 3 is 2.25 bits per heavy atom. The summed E-state index contributed by atoms with van der Waals surface area (Å²) in [6, 6.07) is 0. The highest BCUT2D eigenvalue weighted by atomic mass is 16.6. The molecule has 3 heterocycles. The number of anilines is 3. The van der Waals surface area contributed by atoms with Gasteiger partial charge in [0.25, 0.3) is 0 Å². The Balaban J connectivity index is 1.99. The second kappa shape index (κ2) is 6.78. The summed E-state index contributed by atoms with van der Waals surface area (Å²) in [7, 11) is 0. The highest BCUT2D eigenvalue weighted by Gasteiger charge is 2.31. The highest BCUT2D eigenvalue weighted by Crippen LogP contribution is 2.35. The molecule has 132 valence electrons. The van der Waals surface area contributed by atoms with Gasteiger partial charge in [0.05, 0.1) is 4.92 Å². The van der Waals surface area contributed by atoms with E-state index >= 15 is 0 Å². The second-order valence-corrected chi connectivity index (χ2v) is 7.23. The average molecular weight is 334 g/mol. The van der Waals surface area contributed by atoms with Crippen LogP contribution in [-0.4, -0.2) is 41.1 Å². The lowest BCUT2D eigenvalue weighted by atomic mass is 10.0. The Morgan fingerprint density at radius 1 is 1.08 bits per heavy atom. The van der Waals surface area contributed by atoms with E-state index in [1.165, 1.54) is 6.42 Å². The van der Waals surface area contributed by atoms with E-state index < -0.39 is 4.92 Å². The molecular formula is C16H26N6O2. The highest BCUT2D eigenvalue weighted by molar-refractivity contribution is 5.71. The van der Waals surface area contributed by atoms with Crippen molar-refractivity contribution < 1.29 is 4.92 Å². The number of nitrogen functional groups attached to an aromatic ring is 1. The predicted octanol–water partition coefficient (Wildman–Crippen LogP) is 2.44. The Bertz CT molecular complexity index is 623. The fourth-order valence-corrected chi connectivity index (χ4v) is 3.74. The average Bonchev–Trinajstić information content (AvgIpc) is 2.53. The third kappa shape index (κ3) is 3.37. The molecule has 8 nitrogen and oxygen atoms in total. The molecule has 0 amide bonds. The lowest BCUT2D eigenvalue weighted by Gasteiger charge is -2.34. The minimum Gasteiger partial charge on any atom is -0.378 e. The maximum Gasteiger partial charge on any atom is 0.353 e. The number of hydrogen-bond donors (Lipinski definition) is 1. The van der Waals surface area contributed by atoms with E-state index in [1.807, 2.05) is 4.90 Å². The summed E-state index contributed by atoms with van der Waals surface area (Å²) in [5.74, 6) is 1.94. The van der Waals surface area contributed by atoms with Gasteiger partial charge in [-0.05, 0) is 37.5 Å². The van der Waals surface area contributed by atoms with Gasteiger partial charge in [0.2, 0.25) is 17.6 Å². The molecule has 0 bridgehead atoms. The molecule has 0 aromatic carbocycles.